The molecule has 2 rings (SSSR count). The Kier molecular flexibility index (Phi) is 9.80. The second kappa shape index (κ2) is 11.5. The van der Waals surface area contributed by atoms with Crippen LogP contribution in [0.5, 0.6) is 11.5 Å². The smallest absolute Gasteiger partial charge is 0.123 e. The summed E-state index contributed by atoms with van der Waals surface area (Å²) in [6, 6.07) is 8.95. The molecule has 0 heterocycles. The van der Waals surface area contributed by atoms with Crippen LogP contribution in [0.15, 0.2) is 24.3 Å². The van der Waals surface area contributed by atoms with Gasteiger partial charge in [-0.05, 0) is 99.0 Å². The van der Waals surface area contributed by atoms with Crippen molar-refractivity contribution in [1.29, 1.82) is 0 Å². The molecule has 0 bridgehead atoms. The molecule has 220 valence electrons. The third-order valence-corrected chi connectivity index (χ3v) is 8.21. The summed E-state index contributed by atoms with van der Waals surface area (Å²) in [5, 5.41) is 22.1. The Morgan fingerprint density at radius 3 is 0.872 bits per heavy atom. The number of phenolic OH excluding ortho intramolecular Hbond substituents is 2. The number of aromatic hydroxyl groups is 2. The minimum atomic E-state index is -0.0900. The number of benzene rings is 2. The van der Waals surface area contributed by atoms with Crippen molar-refractivity contribution >= 4 is 0 Å². The van der Waals surface area contributed by atoms with Gasteiger partial charge in [0, 0.05) is 0 Å². The molecule has 0 atom stereocenters. The highest BCUT2D eigenvalue weighted by Crippen LogP contribution is 2.42. The Bertz CT molecular complexity index is 962. The first-order valence-corrected chi connectivity index (χ1v) is 15.2. The van der Waals surface area contributed by atoms with Crippen LogP contribution in [0.25, 0.3) is 0 Å². The quantitative estimate of drug-likeness (QED) is 0.352. The van der Waals surface area contributed by atoms with Gasteiger partial charge in [0.1, 0.15) is 11.5 Å². The maximum absolute atomic E-state index is 11.1. The number of phenols is 2. The van der Waals surface area contributed by atoms with Gasteiger partial charge in [0.15, 0.2) is 0 Å². The molecule has 0 aromatic heterocycles. The molecule has 0 spiro atoms. The molecule has 2 aromatic rings. The predicted molar refractivity (Wildman–Crippen MR) is 171 cm³/mol. The molecule has 0 amide bonds. The molecule has 0 radical (unpaired) electrons. The number of aryl methyl sites for hydroxylation is 2. The molecule has 39 heavy (non-hydrogen) atoms. The fourth-order valence-corrected chi connectivity index (χ4v) is 5.63. The van der Waals surface area contributed by atoms with Gasteiger partial charge in [-0.25, -0.2) is 0 Å². The summed E-state index contributed by atoms with van der Waals surface area (Å²) in [4.78, 5) is 0. The third kappa shape index (κ3) is 9.02. The molecule has 0 aliphatic heterocycles. The van der Waals surface area contributed by atoms with E-state index >= 15 is 0 Å². The second-order valence-electron chi connectivity index (χ2n) is 17.0. The van der Waals surface area contributed by atoms with Crippen LogP contribution in [0.4, 0.5) is 0 Å². The zero-order chi connectivity index (χ0) is 30.2. The van der Waals surface area contributed by atoms with Crippen molar-refractivity contribution < 1.29 is 10.2 Å². The van der Waals surface area contributed by atoms with Gasteiger partial charge >= 0.3 is 0 Å². The lowest BCUT2D eigenvalue weighted by Crippen LogP contribution is -2.18. The van der Waals surface area contributed by atoms with Gasteiger partial charge in [0.05, 0.1) is 0 Å². The van der Waals surface area contributed by atoms with Crippen LogP contribution in [0.2, 0.25) is 0 Å². The lowest BCUT2D eigenvalue weighted by Gasteiger charge is -2.29. The van der Waals surface area contributed by atoms with Crippen LogP contribution < -0.4 is 0 Å². The molecule has 0 aliphatic rings. The second-order valence-corrected chi connectivity index (χ2v) is 17.0. The van der Waals surface area contributed by atoms with E-state index in [1.165, 1.54) is 24.0 Å². The lowest BCUT2D eigenvalue weighted by molar-refractivity contribution is 0.291. The first-order valence-electron chi connectivity index (χ1n) is 15.2. The standard InChI is InChI=1S/C37H60O2/c1-33(2,3)27-21-25(22-28(31(27)38)34(4,5)6)17-15-19-37(13,14)20-16-18-26-23-29(35(7,8)9)32(39)30(24-26)36(10,11)12/h21-24,38-39H,15-20H2,1-14H3. The van der Waals surface area contributed by atoms with Crippen molar-refractivity contribution in [3.63, 3.8) is 0 Å². The largest absolute Gasteiger partial charge is 0.507 e. The van der Waals surface area contributed by atoms with E-state index in [0.29, 0.717) is 11.5 Å². The average molecular weight is 537 g/mol. The van der Waals surface area contributed by atoms with Crippen LogP contribution in [-0.2, 0) is 34.5 Å². The molecule has 2 heteroatoms. The summed E-state index contributed by atoms with van der Waals surface area (Å²) in [5.41, 5.74) is 6.82. The van der Waals surface area contributed by atoms with E-state index < -0.39 is 0 Å². The van der Waals surface area contributed by atoms with E-state index in [1.54, 1.807) is 0 Å². The number of rotatable bonds is 8. The minimum Gasteiger partial charge on any atom is -0.507 e. The Hall–Kier alpha value is -1.96. The van der Waals surface area contributed by atoms with Crippen LogP contribution in [0.1, 0.15) is 156 Å². The van der Waals surface area contributed by atoms with Gasteiger partial charge in [-0.2, -0.15) is 0 Å². The molecule has 0 saturated carbocycles. The topological polar surface area (TPSA) is 40.5 Å². The molecule has 2 N–H and O–H groups in total. The molecule has 0 saturated heterocycles. The zero-order valence-electron chi connectivity index (χ0n) is 27.9. The van der Waals surface area contributed by atoms with Crippen molar-refractivity contribution in [2.24, 2.45) is 5.41 Å². The van der Waals surface area contributed by atoms with Crippen molar-refractivity contribution in [3.05, 3.63) is 57.6 Å². The molecule has 0 unspecified atom stereocenters. The zero-order valence-corrected chi connectivity index (χ0v) is 27.9. The van der Waals surface area contributed by atoms with E-state index in [-0.39, 0.29) is 27.1 Å². The summed E-state index contributed by atoms with van der Waals surface area (Å²) in [7, 11) is 0. The third-order valence-electron chi connectivity index (χ3n) is 8.21. The van der Waals surface area contributed by atoms with Crippen LogP contribution in [0, 0.1) is 5.41 Å². The average Bonchev–Trinajstić information content (AvgIpc) is 2.72. The summed E-state index contributed by atoms with van der Waals surface area (Å²) >= 11 is 0. The van der Waals surface area contributed by atoms with Crippen LogP contribution >= 0.6 is 0 Å². The highest BCUT2D eigenvalue weighted by molar-refractivity contribution is 5.51. The van der Waals surface area contributed by atoms with Crippen molar-refractivity contribution in [1.82, 2.24) is 0 Å². The number of hydrogen-bond donors (Lipinski definition) is 2. The maximum atomic E-state index is 11.1. The highest BCUT2D eigenvalue weighted by Gasteiger charge is 2.28. The first-order chi connectivity index (χ1) is 17.4. The monoisotopic (exact) mass is 536 g/mol. The Labute approximate surface area is 241 Å². The molecule has 2 nitrogen and oxygen atoms in total. The van der Waals surface area contributed by atoms with E-state index in [0.717, 1.165) is 47.9 Å². The Balaban J connectivity index is 2.11. The van der Waals surface area contributed by atoms with Crippen molar-refractivity contribution in [3.8, 4) is 11.5 Å². The fraction of sp³-hybridized carbons (Fsp3) is 0.676. The van der Waals surface area contributed by atoms with Gasteiger partial charge in [0.25, 0.3) is 0 Å². The SMILES string of the molecule is CC(C)(CCCc1cc(C(C)(C)C)c(O)c(C(C)(C)C)c1)CCCc1cc(C(C)(C)C)c(O)c(C(C)(C)C)c1. The molecule has 0 aliphatic carbocycles. The lowest BCUT2D eigenvalue weighted by atomic mass is 9.77. The fourth-order valence-electron chi connectivity index (χ4n) is 5.63. The summed E-state index contributed by atoms with van der Waals surface area (Å²) < 4.78 is 0. The summed E-state index contributed by atoms with van der Waals surface area (Å²) in [6.07, 6.45) is 6.73. The molecule has 0 fully saturated rings. The first kappa shape index (κ1) is 33.2. The Morgan fingerprint density at radius 1 is 0.436 bits per heavy atom. The van der Waals surface area contributed by atoms with E-state index in [4.69, 9.17) is 0 Å². The van der Waals surface area contributed by atoms with Gasteiger partial charge in [-0.1, -0.05) is 121 Å². The summed E-state index contributed by atoms with van der Waals surface area (Å²) in [6.45, 7) is 31.0. The maximum Gasteiger partial charge on any atom is 0.123 e. The molecular formula is C37H60O2. The number of hydrogen-bond acceptors (Lipinski definition) is 2. The van der Waals surface area contributed by atoms with Crippen molar-refractivity contribution in [2.75, 3.05) is 0 Å². The van der Waals surface area contributed by atoms with E-state index in [9.17, 15) is 10.2 Å². The van der Waals surface area contributed by atoms with Gasteiger partial charge in [0.2, 0.25) is 0 Å². The summed E-state index contributed by atoms with van der Waals surface area (Å²) in [5.74, 6) is 0.940. The van der Waals surface area contributed by atoms with E-state index in [2.05, 4.69) is 121 Å². The Morgan fingerprint density at radius 2 is 0.667 bits per heavy atom. The minimum absolute atomic E-state index is 0.0900. The van der Waals surface area contributed by atoms with Gasteiger partial charge in [-0.15, -0.1) is 0 Å². The highest BCUT2D eigenvalue weighted by atomic mass is 16.3. The van der Waals surface area contributed by atoms with Crippen molar-refractivity contribution in [2.45, 2.75) is 157 Å². The molecule has 2 aromatic carbocycles. The normalized spacial score (nSPS) is 13.7. The molecular weight excluding hydrogens is 476 g/mol. The predicted octanol–water partition coefficient (Wildman–Crippen LogP) is 10.7. The van der Waals surface area contributed by atoms with Gasteiger partial charge in [-0.3, -0.25) is 0 Å². The van der Waals surface area contributed by atoms with E-state index in [1.807, 2.05) is 0 Å². The van der Waals surface area contributed by atoms with Gasteiger partial charge < -0.3 is 10.2 Å². The van der Waals surface area contributed by atoms with Crippen LogP contribution in [-0.4, -0.2) is 10.2 Å². The van der Waals surface area contributed by atoms with Crippen LogP contribution in [0.3, 0.4) is 0 Å².